The molecule has 2 amide bonds. The molecule has 2 aromatic carbocycles. The number of hydrogen-bond acceptors (Lipinski definition) is 4. The van der Waals surface area contributed by atoms with Crippen LogP contribution in [0.4, 0.5) is 5.69 Å². The highest BCUT2D eigenvalue weighted by molar-refractivity contribution is 7.99. The normalized spacial score (nSPS) is 12.8. The second-order valence-electron chi connectivity index (χ2n) is 6.29. The van der Waals surface area contributed by atoms with E-state index in [4.69, 9.17) is 4.74 Å². The molecule has 0 aliphatic carbocycles. The van der Waals surface area contributed by atoms with Gasteiger partial charge in [-0.3, -0.25) is 9.59 Å². The summed E-state index contributed by atoms with van der Waals surface area (Å²) >= 11 is 1.54. The van der Waals surface area contributed by atoms with Crippen molar-refractivity contribution in [3.05, 3.63) is 66.2 Å². The lowest BCUT2D eigenvalue weighted by Crippen LogP contribution is -2.31. The fraction of sp³-hybridized carbons (Fsp3) is 0.273. The summed E-state index contributed by atoms with van der Waals surface area (Å²) in [7, 11) is 0. The molecule has 1 heterocycles. The molecule has 1 aliphatic rings. The fourth-order valence-electron chi connectivity index (χ4n) is 2.99. The molecular weight excluding hydrogens is 372 g/mol. The number of nitrogens with zero attached hydrogens (tertiary/aromatic N) is 1. The van der Waals surface area contributed by atoms with Crippen molar-refractivity contribution in [3.63, 3.8) is 0 Å². The van der Waals surface area contributed by atoms with Crippen molar-refractivity contribution in [1.82, 2.24) is 5.32 Å². The fourth-order valence-corrected chi connectivity index (χ4v) is 4.05. The summed E-state index contributed by atoms with van der Waals surface area (Å²) in [4.78, 5) is 29.1. The van der Waals surface area contributed by atoms with Gasteiger partial charge in [0.15, 0.2) is 0 Å². The van der Waals surface area contributed by atoms with E-state index >= 15 is 0 Å². The van der Waals surface area contributed by atoms with E-state index in [-0.39, 0.29) is 11.8 Å². The van der Waals surface area contributed by atoms with Gasteiger partial charge in [0.1, 0.15) is 0 Å². The topological polar surface area (TPSA) is 58.6 Å². The number of ether oxygens (including phenoxy) is 1. The molecule has 28 heavy (non-hydrogen) atoms. The predicted molar refractivity (Wildman–Crippen MR) is 112 cm³/mol. The molecule has 0 spiro atoms. The van der Waals surface area contributed by atoms with Gasteiger partial charge in [-0.15, -0.1) is 6.58 Å². The first-order chi connectivity index (χ1) is 13.7. The largest absolute Gasteiger partial charge is 0.382 e. The van der Waals surface area contributed by atoms with Gasteiger partial charge in [-0.05, 0) is 43.7 Å². The number of anilines is 1. The first kappa shape index (κ1) is 20.2. The zero-order valence-electron chi connectivity index (χ0n) is 15.9. The average Bonchev–Trinajstić information content (AvgIpc) is 2.83. The minimum Gasteiger partial charge on any atom is -0.382 e. The first-order valence-corrected chi connectivity index (χ1v) is 10.2. The summed E-state index contributed by atoms with van der Waals surface area (Å²) in [5, 5.41) is 2.91. The lowest BCUT2D eigenvalue weighted by molar-refractivity contribution is 0.0941. The van der Waals surface area contributed by atoms with E-state index in [9.17, 15) is 9.59 Å². The molecular formula is C22H24N2O3S. The summed E-state index contributed by atoms with van der Waals surface area (Å²) in [6.07, 6.45) is 2.46. The van der Waals surface area contributed by atoms with Gasteiger partial charge in [0.25, 0.3) is 11.8 Å². The minimum atomic E-state index is -0.155. The van der Waals surface area contributed by atoms with Crippen LogP contribution >= 0.6 is 11.8 Å². The molecule has 6 heteroatoms. The van der Waals surface area contributed by atoms with Gasteiger partial charge in [-0.2, -0.15) is 0 Å². The summed E-state index contributed by atoms with van der Waals surface area (Å²) in [5.41, 5.74) is 1.92. The van der Waals surface area contributed by atoms with E-state index in [1.54, 1.807) is 23.1 Å². The second-order valence-corrected chi connectivity index (χ2v) is 7.38. The standard InChI is InChI=1S/C22H24N2O3S/c1-3-13-24-18-15-16(21(25)23-12-7-14-27-4-2)10-11-20(18)28-19-9-6-5-8-17(19)22(24)26/h3,5-6,8-11,15H,1,4,7,12-14H2,2H3,(H,23,25). The van der Waals surface area contributed by atoms with Crippen LogP contribution in [-0.4, -0.2) is 38.1 Å². The van der Waals surface area contributed by atoms with Gasteiger partial charge in [-0.25, -0.2) is 0 Å². The van der Waals surface area contributed by atoms with Crippen LogP contribution in [0, 0.1) is 0 Å². The Labute approximate surface area is 169 Å². The van der Waals surface area contributed by atoms with Crippen LogP contribution in [0.2, 0.25) is 0 Å². The molecule has 0 atom stereocenters. The van der Waals surface area contributed by atoms with Crippen LogP contribution in [0.5, 0.6) is 0 Å². The third-order valence-electron chi connectivity index (χ3n) is 4.36. The van der Waals surface area contributed by atoms with Crippen molar-refractivity contribution in [2.24, 2.45) is 0 Å². The maximum Gasteiger partial charge on any atom is 0.259 e. The van der Waals surface area contributed by atoms with Crippen LogP contribution in [0.15, 0.2) is 64.9 Å². The van der Waals surface area contributed by atoms with Gasteiger partial charge in [0, 0.05) is 41.7 Å². The number of amides is 2. The number of nitrogens with one attached hydrogen (secondary N) is 1. The lowest BCUT2D eigenvalue weighted by atomic mass is 10.1. The van der Waals surface area contributed by atoms with E-state index in [2.05, 4.69) is 11.9 Å². The van der Waals surface area contributed by atoms with Crippen LogP contribution in [-0.2, 0) is 4.74 Å². The van der Waals surface area contributed by atoms with Crippen LogP contribution < -0.4 is 10.2 Å². The quantitative estimate of drug-likeness (QED) is 0.538. The molecule has 0 aromatic heterocycles. The van der Waals surface area contributed by atoms with Crippen molar-refractivity contribution in [1.29, 1.82) is 0 Å². The highest BCUT2D eigenvalue weighted by Gasteiger charge is 2.27. The molecule has 0 fully saturated rings. The third kappa shape index (κ3) is 4.46. The summed E-state index contributed by atoms with van der Waals surface area (Å²) in [6.45, 7) is 7.94. The molecule has 0 bridgehead atoms. The zero-order valence-corrected chi connectivity index (χ0v) is 16.8. The average molecular weight is 397 g/mol. The van der Waals surface area contributed by atoms with Crippen LogP contribution in [0.3, 0.4) is 0 Å². The highest BCUT2D eigenvalue weighted by atomic mass is 32.2. The molecule has 0 unspecified atom stereocenters. The smallest absolute Gasteiger partial charge is 0.259 e. The van der Waals surface area contributed by atoms with Crippen LogP contribution in [0.25, 0.3) is 0 Å². The molecule has 0 radical (unpaired) electrons. The van der Waals surface area contributed by atoms with E-state index < -0.39 is 0 Å². The van der Waals surface area contributed by atoms with E-state index in [1.165, 1.54) is 11.8 Å². The van der Waals surface area contributed by atoms with Gasteiger partial charge in [0.05, 0.1) is 11.3 Å². The minimum absolute atomic E-state index is 0.0870. The number of benzene rings is 2. The Kier molecular flexibility index (Phi) is 6.90. The maximum absolute atomic E-state index is 13.1. The Balaban J connectivity index is 1.86. The summed E-state index contributed by atoms with van der Waals surface area (Å²) in [6, 6.07) is 13.0. The summed E-state index contributed by atoms with van der Waals surface area (Å²) in [5.74, 6) is -0.243. The molecule has 1 aliphatic heterocycles. The molecule has 146 valence electrons. The number of rotatable bonds is 8. The van der Waals surface area contributed by atoms with Gasteiger partial charge in [0.2, 0.25) is 0 Å². The molecule has 5 nitrogen and oxygen atoms in total. The number of hydrogen-bond donors (Lipinski definition) is 1. The Bertz CT molecular complexity index is 882. The zero-order chi connectivity index (χ0) is 19.9. The Morgan fingerprint density at radius 1 is 1.25 bits per heavy atom. The van der Waals surface area contributed by atoms with Crippen molar-refractivity contribution in [3.8, 4) is 0 Å². The van der Waals surface area contributed by atoms with Gasteiger partial charge >= 0.3 is 0 Å². The third-order valence-corrected chi connectivity index (χ3v) is 5.50. The second kappa shape index (κ2) is 9.57. The molecule has 0 saturated heterocycles. The van der Waals surface area contributed by atoms with Crippen molar-refractivity contribution in [2.75, 3.05) is 31.2 Å². The van der Waals surface area contributed by atoms with Crippen LogP contribution in [0.1, 0.15) is 34.1 Å². The Morgan fingerprint density at radius 3 is 2.86 bits per heavy atom. The van der Waals surface area contributed by atoms with Crippen molar-refractivity contribution < 1.29 is 14.3 Å². The van der Waals surface area contributed by atoms with Crippen molar-refractivity contribution in [2.45, 2.75) is 23.1 Å². The summed E-state index contributed by atoms with van der Waals surface area (Å²) < 4.78 is 5.29. The maximum atomic E-state index is 13.1. The Morgan fingerprint density at radius 2 is 2.07 bits per heavy atom. The van der Waals surface area contributed by atoms with E-state index in [0.717, 1.165) is 21.9 Å². The number of fused-ring (bicyclic) bond motifs is 2. The monoisotopic (exact) mass is 396 g/mol. The van der Waals surface area contributed by atoms with Gasteiger partial charge in [-0.1, -0.05) is 30.0 Å². The predicted octanol–water partition coefficient (Wildman–Crippen LogP) is 4.14. The number of carbonyl (C=O) groups is 2. The molecule has 0 saturated carbocycles. The molecule has 2 aromatic rings. The lowest BCUT2D eigenvalue weighted by Gasteiger charge is -2.22. The van der Waals surface area contributed by atoms with E-state index in [1.807, 2.05) is 37.3 Å². The highest BCUT2D eigenvalue weighted by Crippen LogP contribution is 2.41. The van der Waals surface area contributed by atoms with Crippen molar-refractivity contribution >= 4 is 29.3 Å². The first-order valence-electron chi connectivity index (χ1n) is 9.35. The molecule has 3 rings (SSSR count). The number of carbonyl (C=O) groups excluding carboxylic acids is 2. The van der Waals surface area contributed by atoms with Gasteiger partial charge < -0.3 is 15.0 Å². The molecule has 1 N–H and O–H groups in total. The van der Waals surface area contributed by atoms with E-state index in [0.29, 0.717) is 37.4 Å². The Hall–Kier alpha value is -2.57. The SMILES string of the molecule is C=CCN1C(=O)c2ccccc2Sc2ccc(C(=O)NCCCOCC)cc21.